The smallest absolute Gasteiger partial charge is 0.306 e. The largest absolute Gasteiger partial charge is 0.456 e. The molecule has 2 saturated carbocycles. The first kappa shape index (κ1) is 18.3. The molecular formula is C20H27NO3S. The Hall–Kier alpha value is -1.49. The first-order valence-corrected chi connectivity index (χ1v) is 10.3. The maximum absolute atomic E-state index is 11.9. The molecule has 1 amide bonds. The van der Waals surface area contributed by atoms with Crippen LogP contribution < -0.4 is 5.32 Å². The van der Waals surface area contributed by atoms with Crippen LogP contribution in [0.5, 0.6) is 0 Å². The van der Waals surface area contributed by atoms with E-state index in [4.69, 9.17) is 4.74 Å². The van der Waals surface area contributed by atoms with E-state index in [-0.39, 0.29) is 18.5 Å². The quantitative estimate of drug-likeness (QED) is 0.414. The van der Waals surface area contributed by atoms with Crippen LogP contribution in [0.25, 0.3) is 0 Å². The maximum Gasteiger partial charge on any atom is 0.306 e. The van der Waals surface area contributed by atoms with Crippen LogP contribution in [0, 0.1) is 17.8 Å². The third-order valence-corrected chi connectivity index (χ3v) is 6.43. The molecule has 25 heavy (non-hydrogen) atoms. The van der Waals surface area contributed by atoms with Crippen molar-refractivity contribution in [2.75, 3.05) is 18.9 Å². The van der Waals surface area contributed by atoms with Gasteiger partial charge in [-0.25, -0.2) is 0 Å². The lowest BCUT2D eigenvalue weighted by Gasteiger charge is -2.20. The van der Waals surface area contributed by atoms with E-state index in [9.17, 15) is 9.59 Å². The van der Waals surface area contributed by atoms with Gasteiger partial charge >= 0.3 is 5.97 Å². The Kier molecular flexibility index (Phi) is 6.79. The molecule has 3 rings (SSSR count). The summed E-state index contributed by atoms with van der Waals surface area (Å²) in [7, 11) is 0. The van der Waals surface area contributed by atoms with E-state index < -0.39 is 0 Å². The molecule has 136 valence electrons. The first-order chi connectivity index (χ1) is 12.2. The number of thioether (sulfide) groups is 1. The maximum atomic E-state index is 11.9. The van der Waals surface area contributed by atoms with Crippen molar-refractivity contribution in [2.24, 2.45) is 17.8 Å². The van der Waals surface area contributed by atoms with Crippen molar-refractivity contribution in [3.8, 4) is 0 Å². The zero-order valence-electron chi connectivity index (χ0n) is 14.6. The van der Waals surface area contributed by atoms with Crippen LogP contribution in [-0.4, -0.2) is 30.8 Å². The number of carbonyl (C=O) groups is 2. The van der Waals surface area contributed by atoms with Gasteiger partial charge in [-0.2, -0.15) is 0 Å². The zero-order valence-corrected chi connectivity index (χ0v) is 15.4. The molecule has 2 aliphatic carbocycles. The topological polar surface area (TPSA) is 55.4 Å². The van der Waals surface area contributed by atoms with Crippen LogP contribution in [0.1, 0.15) is 38.5 Å². The van der Waals surface area contributed by atoms with Crippen molar-refractivity contribution in [2.45, 2.75) is 43.4 Å². The van der Waals surface area contributed by atoms with Crippen LogP contribution in [0.4, 0.5) is 0 Å². The van der Waals surface area contributed by atoms with E-state index in [0.29, 0.717) is 24.8 Å². The molecule has 0 radical (unpaired) electrons. The molecule has 0 saturated heterocycles. The van der Waals surface area contributed by atoms with Crippen molar-refractivity contribution in [3.63, 3.8) is 0 Å². The van der Waals surface area contributed by atoms with Gasteiger partial charge < -0.3 is 10.1 Å². The molecule has 0 spiro atoms. The number of rotatable bonds is 9. The van der Waals surface area contributed by atoms with Gasteiger partial charge in [0.1, 0.15) is 0 Å². The highest BCUT2D eigenvalue weighted by atomic mass is 32.2. The molecule has 2 bridgehead atoms. The first-order valence-electron chi connectivity index (χ1n) is 9.31. The Morgan fingerprint density at radius 2 is 2.00 bits per heavy atom. The summed E-state index contributed by atoms with van der Waals surface area (Å²) in [5.74, 6) is 2.57. The van der Waals surface area contributed by atoms with Gasteiger partial charge in [0.25, 0.3) is 5.91 Å². The summed E-state index contributed by atoms with van der Waals surface area (Å²) in [6, 6.07) is 10.2. The number of nitrogens with one attached hydrogen (secondary N) is 1. The van der Waals surface area contributed by atoms with Gasteiger partial charge in [0.05, 0.1) is 0 Å². The predicted molar refractivity (Wildman–Crippen MR) is 99.3 cm³/mol. The second kappa shape index (κ2) is 9.27. The van der Waals surface area contributed by atoms with Crippen LogP contribution >= 0.6 is 11.8 Å². The lowest BCUT2D eigenvalue weighted by atomic mass is 9.86. The lowest BCUT2D eigenvalue weighted by molar-refractivity contribution is -0.149. The van der Waals surface area contributed by atoms with Crippen molar-refractivity contribution in [3.05, 3.63) is 30.3 Å². The summed E-state index contributed by atoms with van der Waals surface area (Å²) >= 11 is 1.78. The number of amides is 1. The number of carbonyl (C=O) groups excluding carboxylic acids is 2. The van der Waals surface area contributed by atoms with Crippen molar-refractivity contribution < 1.29 is 14.3 Å². The van der Waals surface area contributed by atoms with Crippen LogP contribution in [0.15, 0.2) is 35.2 Å². The summed E-state index contributed by atoms with van der Waals surface area (Å²) in [4.78, 5) is 24.9. The summed E-state index contributed by atoms with van der Waals surface area (Å²) in [5, 5.41) is 2.82. The summed E-state index contributed by atoms with van der Waals surface area (Å²) in [5.41, 5.74) is 0. The van der Waals surface area contributed by atoms with E-state index in [1.54, 1.807) is 11.8 Å². The predicted octanol–water partition coefficient (Wildman–Crippen LogP) is 3.65. The highest BCUT2D eigenvalue weighted by Crippen LogP contribution is 2.49. The third kappa shape index (κ3) is 5.77. The number of hydrogen-bond acceptors (Lipinski definition) is 4. The second-order valence-electron chi connectivity index (χ2n) is 7.16. The molecule has 1 N–H and O–H groups in total. The van der Waals surface area contributed by atoms with Crippen LogP contribution in [0.3, 0.4) is 0 Å². The molecular weight excluding hydrogens is 334 g/mol. The fourth-order valence-corrected chi connectivity index (χ4v) is 4.98. The molecule has 1 aromatic carbocycles. The average molecular weight is 362 g/mol. The van der Waals surface area contributed by atoms with E-state index in [0.717, 1.165) is 18.1 Å². The van der Waals surface area contributed by atoms with Gasteiger partial charge in [-0.1, -0.05) is 24.6 Å². The number of benzene rings is 1. The van der Waals surface area contributed by atoms with Gasteiger partial charge in [-0.15, -0.1) is 11.8 Å². The Morgan fingerprint density at radius 1 is 1.16 bits per heavy atom. The molecule has 5 heteroatoms. The molecule has 0 unspecified atom stereocenters. The van der Waals surface area contributed by atoms with Gasteiger partial charge in [-0.05, 0) is 61.3 Å². The Labute approximate surface area is 154 Å². The molecule has 2 fully saturated rings. The zero-order chi connectivity index (χ0) is 17.5. The molecule has 2 aliphatic rings. The number of fused-ring (bicyclic) bond motifs is 2. The number of esters is 1. The van der Waals surface area contributed by atoms with Crippen molar-refractivity contribution in [1.82, 2.24) is 5.32 Å². The molecule has 1 aromatic rings. The number of ether oxygens (including phenoxy) is 1. The minimum absolute atomic E-state index is 0.147. The van der Waals surface area contributed by atoms with Gasteiger partial charge in [-0.3, -0.25) is 9.59 Å². The molecule has 0 aromatic heterocycles. The molecule has 4 nitrogen and oxygen atoms in total. The minimum atomic E-state index is -0.215. The Bertz CT molecular complexity index is 578. The second-order valence-corrected chi connectivity index (χ2v) is 8.33. The van der Waals surface area contributed by atoms with Gasteiger partial charge in [0.2, 0.25) is 0 Å². The third-order valence-electron chi connectivity index (χ3n) is 5.33. The summed E-state index contributed by atoms with van der Waals surface area (Å²) in [6.45, 7) is 0.466. The monoisotopic (exact) mass is 361 g/mol. The molecule has 0 heterocycles. The normalized spacial score (nSPS) is 24.2. The highest BCUT2D eigenvalue weighted by Gasteiger charge is 2.40. The van der Waals surface area contributed by atoms with E-state index in [1.165, 1.54) is 30.6 Å². The molecule has 3 atom stereocenters. The summed E-state index contributed by atoms with van der Waals surface area (Å²) < 4.78 is 5.14. The summed E-state index contributed by atoms with van der Waals surface area (Å²) in [6.07, 6.45) is 6.45. The van der Waals surface area contributed by atoms with Gasteiger partial charge in [0, 0.05) is 17.9 Å². The average Bonchev–Trinajstić information content (AvgIpc) is 3.23. The fraction of sp³-hybridized carbons (Fsp3) is 0.600. The Morgan fingerprint density at radius 3 is 2.72 bits per heavy atom. The van der Waals surface area contributed by atoms with E-state index in [2.05, 4.69) is 17.4 Å². The lowest BCUT2D eigenvalue weighted by Crippen LogP contribution is -2.30. The minimum Gasteiger partial charge on any atom is -0.456 e. The van der Waals surface area contributed by atoms with Gasteiger partial charge in [0.15, 0.2) is 6.61 Å². The van der Waals surface area contributed by atoms with Crippen LogP contribution in [-0.2, 0) is 14.3 Å². The molecule has 0 aliphatic heterocycles. The van der Waals surface area contributed by atoms with E-state index in [1.807, 2.05) is 18.2 Å². The SMILES string of the molecule is O=C(COC(=O)C[C@H]1C[C@H]2CC[C@@H]1C2)NCCCSc1ccccc1. The van der Waals surface area contributed by atoms with Crippen LogP contribution in [0.2, 0.25) is 0 Å². The van der Waals surface area contributed by atoms with E-state index >= 15 is 0 Å². The highest BCUT2D eigenvalue weighted by molar-refractivity contribution is 7.99. The Balaban J connectivity index is 1.21. The van der Waals surface area contributed by atoms with Crippen molar-refractivity contribution in [1.29, 1.82) is 0 Å². The fourth-order valence-electron chi connectivity index (χ4n) is 4.10. The van der Waals surface area contributed by atoms with Crippen molar-refractivity contribution >= 4 is 23.6 Å². The number of hydrogen-bond donors (Lipinski definition) is 1. The standard InChI is InChI=1S/C20H27NO3S/c22-19(21-9-4-10-25-18-5-2-1-3-6-18)14-24-20(23)13-17-12-15-7-8-16(17)11-15/h1-3,5-6,15-17H,4,7-14H2,(H,21,22)/t15-,16+,17+/m0/s1.